The Hall–Kier alpha value is -1.57. The van der Waals surface area contributed by atoms with Gasteiger partial charge in [-0.15, -0.1) is 0 Å². The molecule has 2 heteroatoms. The largest absolute Gasteiger partial charge is 0.366 e. The molecule has 0 spiro atoms. The minimum atomic E-state index is -0.411. The fourth-order valence-corrected chi connectivity index (χ4v) is 1.19. The Balaban J connectivity index is 2.93. The predicted molar refractivity (Wildman–Crippen MR) is 54.0 cm³/mol. The fraction of sp³-hybridized carbons (Fsp3) is 0.182. The van der Waals surface area contributed by atoms with Crippen molar-refractivity contribution in [3.05, 3.63) is 41.5 Å². The van der Waals surface area contributed by atoms with Gasteiger partial charge in [0.25, 0.3) is 0 Å². The van der Waals surface area contributed by atoms with Crippen molar-refractivity contribution in [2.45, 2.75) is 13.3 Å². The summed E-state index contributed by atoms with van der Waals surface area (Å²) in [6.45, 7) is 2.08. The van der Waals surface area contributed by atoms with Crippen LogP contribution < -0.4 is 5.73 Å². The number of carbonyl (C=O) groups excluding carboxylic acids is 1. The number of amides is 1. The number of benzene rings is 1. The quantitative estimate of drug-likeness (QED) is 0.699. The second kappa shape index (κ2) is 4.45. The zero-order valence-corrected chi connectivity index (χ0v) is 7.66. The summed E-state index contributed by atoms with van der Waals surface area (Å²) in [5.41, 5.74) is 7.29. The maximum atomic E-state index is 10.5. The number of hydrogen-bond acceptors (Lipinski definition) is 1. The summed E-state index contributed by atoms with van der Waals surface area (Å²) in [7, 11) is 0. The summed E-state index contributed by atoms with van der Waals surface area (Å²) in [6, 6.07) is 7.94. The minimum Gasteiger partial charge on any atom is -0.366 e. The van der Waals surface area contributed by atoms with Gasteiger partial charge in [-0.2, -0.15) is 0 Å². The summed E-state index contributed by atoms with van der Waals surface area (Å²) in [5, 5.41) is 0. The molecule has 0 bridgehead atoms. The van der Waals surface area contributed by atoms with Crippen molar-refractivity contribution in [2.75, 3.05) is 0 Å². The van der Waals surface area contributed by atoms with E-state index in [9.17, 15) is 4.79 Å². The van der Waals surface area contributed by atoms with Gasteiger partial charge >= 0.3 is 0 Å². The molecule has 2 N–H and O–H groups in total. The van der Waals surface area contributed by atoms with Gasteiger partial charge in [0, 0.05) is 6.08 Å². The highest BCUT2D eigenvalue weighted by Crippen LogP contribution is 2.10. The van der Waals surface area contributed by atoms with Gasteiger partial charge in [0.05, 0.1) is 0 Å². The second-order valence-electron chi connectivity index (χ2n) is 2.79. The predicted octanol–water partition coefficient (Wildman–Crippen LogP) is 1.75. The van der Waals surface area contributed by atoms with E-state index in [1.807, 2.05) is 24.3 Å². The van der Waals surface area contributed by atoms with Gasteiger partial charge in [0.15, 0.2) is 0 Å². The third-order valence-electron chi connectivity index (χ3n) is 1.86. The van der Waals surface area contributed by atoms with Gasteiger partial charge in [-0.1, -0.05) is 31.2 Å². The lowest BCUT2D eigenvalue weighted by molar-refractivity contribution is -0.113. The summed E-state index contributed by atoms with van der Waals surface area (Å²) < 4.78 is 0. The van der Waals surface area contributed by atoms with E-state index >= 15 is 0 Å². The van der Waals surface area contributed by atoms with Crippen LogP contribution in [0.15, 0.2) is 30.3 Å². The standard InChI is InChI=1S/C11H13NO/c1-2-9-5-3-4-6-10(9)7-8-11(12)13/h3-8H,2H2,1H3,(H2,12,13)/b8-7+. The summed E-state index contributed by atoms with van der Waals surface area (Å²) >= 11 is 0. The number of aryl methyl sites for hydroxylation is 1. The molecular weight excluding hydrogens is 162 g/mol. The smallest absolute Gasteiger partial charge is 0.241 e. The van der Waals surface area contributed by atoms with Crippen molar-refractivity contribution in [3.63, 3.8) is 0 Å². The summed E-state index contributed by atoms with van der Waals surface area (Å²) in [4.78, 5) is 10.5. The van der Waals surface area contributed by atoms with E-state index in [4.69, 9.17) is 5.73 Å². The van der Waals surface area contributed by atoms with E-state index in [2.05, 4.69) is 6.92 Å². The van der Waals surface area contributed by atoms with Crippen LogP contribution in [-0.2, 0) is 11.2 Å². The molecule has 68 valence electrons. The topological polar surface area (TPSA) is 43.1 Å². The van der Waals surface area contributed by atoms with E-state index < -0.39 is 5.91 Å². The third kappa shape index (κ3) is 2.75. The molecule has 0 heterocycles. The van der Waals surface area contributed by atoms with Crippen molar-refractivity contribution in [3.8, 4) is 0 Å². The first kappa shape index (κ1) is 9.52. The molecule has 0 unspecified atom stereocenters. The number of primary amides is 1. The Morgan fingerprint density at radius 3 is 2.77 bits per heavy atom. The second-order valence-corrected chi connectivity index (χ2v) is 2.79. The average molecular weight is 175 g/mol. The highest BCUT2D eigenvalue weighted by atomic mass is 16.1. The van der Waals surface area contributed by atoms with E-state index in [1.54, 1.807) is 6.08 Å². The monoisotopic (exact) mass is 175 g/mol. The maximum absolute atomic E-state index is 10.5. The first-order valence-corrected chi connectivity index (χ1v) is 4.29. The lowest BCUT2D eigenvalue weighted by Gasteiger charge is -2.00. The normalized spacial score (nSPS) is 10.5. The van der Waals surface area contributed by atoms with Crippen LogP contribution >= 0.6 is 0 Å². The zero-order chi connectivity index (χ0) is 9.68. The molecule has 0 fully saturated rings. The maximum Gasteiger partial charge on any atom is 0.241 e. The van der Waals surface area contributed by atoms with Crippen LogP contribution in [0.25, 0.3) is 6.08 Å². The summed E-state index contributed by atoms with van der Waals surface area (Å²) in [6.07, 6.45) is 4.09. The van der Waals surface area contributed by atoms with Gasteiger partial charge < -0.3 is 5.73 Å². The van der Waals surface area contributed by atoms with Crippen LogP contribution in [0, 0.1) is 0 Å². The Bertz CT molecular complexity index is 329. The Labute approximate surface area is 78.1 Å². The lowest BCUT2D eigenvalue weighted by atomic mass is 10.1. The molecule has 2 nitrogen and oxygen atoms in total. The van der Waals surface area contributed by atoms with E-state index in [-0.39, 0.29) is 0 Å². The molecule has 1 aromatic carbocycles. The van der Waals surface area contributed by atoms with Gasteiger partial charge in [-0.3, -0.25) is 4.79 Å². The van der Waals surface area contributed by atoms with Crippen molar-refractivity contribution in [2.24, 2.45) is 5.73 Å². The van der Waals surface area contributed by atoms with Gasteiger partial charge in [0.1, 0.15) is 0 Å². The first-order chi connectivity index (χ1) is 6.24. The molecular formula is C11H13NO. The minimum absolute atomic E-state index is 0.411. The average Bonchev–Trinajstić information content (AvgIpc) is 2.15. The molecule has 13 heavy (non-hydrogen) atoms. The molecule has 0 saturated heterocycles. The van der Waals surface area contributed by atoms with Crippen LogP contribution in [0.3, 0.4) is 0 Å². The Morgan fingerprint density at radius 2 is 2.15 bits per heavy atom. The Kier molecular flexibility index (Phi) is 3.26. The molecule has 0 aliphatic heterocycles. The molecule has 0 atom stereocenters. The van der Waals surface area contributed by atoms with E-state index in [1.165, 1.54) is 11.6 Å². The van der Waals surface area contributed by atoms with E-state index in [0.29, 0.717) is 0 Å². The van der Waals surface area contributed by atoms with Crippen molar-refractivity contribution < 1.29 is 4.79 Å². The SMILES string of the molecule is CCc1ccccc1/C=C/C(N)=O. The van der Waals surface area contributed by atoms with Gasteiger partial charge in [-0.05, 0) is 23.6 Å². The van der Waals surface area contributed by atoms with Crippen LogP contribution in [0.2, 0.25) is 0 Å². The molecule has 1 rings (SSSR count). The first-order valence-electron chi connectivity index (χ1n) is 4.29. The Morgan fingerprint density at radius 1 is 1.46 bits per heavy atom. The van der Waals surface area contributed by atoms with Crippen LogP contribution in [0.5, 0.6) is 0 Å². The van der Waals surface area contributed by atoms with Crippen LogP contribution in [0.1, 0.15) is 18.1 Å². The molecule has 0 saturated carbocycles. The number of hydrogen-bond donors (Lipinski definition) is 1. The molecule has 0 radical (unpaired) electrons. The van der Waals surface area contributed by atoms with Crippen LogP contribution in [0.4, 0.5) is 0 Å². The highest BCUT2D eigenvalue weighted by molar-refractivity contribution is 5.90. The molecule has 0 aliphatic carbocycles. The van der Waals surface area contributed by atoms with E-state index in [0.717, 1.165) is 12.0 Å². The van der Waals surface area contributed by atoms with Crippen molar-refractivity contribution in [1.82, 2.24) is 0 Å². The van der Waals surface area contributed by atoms with Crippen LogP contribution in [-0.4, -0.2) is 5.91 Å². The fourth-order valence-electron chi connectivity index (χ4n) is 1.19. The summed E-state index contributed by atoms with van der Waals surface area (Å²) in [5.74, 6) is -0.411. The van der Waals surface area contributed by atoms with Crippen molar-refractivity contribution in [1.29, 1.82) is 0 Å². The van der Waals surface area contributed by atoms with Gasteiger partial charge in [0.2, 0.25) is 5.91 Å². The van der Waals surface area contributed by atoms with Crippen molar-refractivity contribution >= 4 is 12.0 Å². The molecule has 1 amide bonds. The van der Waals surface area contributed by atoms with Gasteiger partial charge in [-0.25, -0.2) is 0 Å². The number of carbonyl (C=O) groups is 1. The highest BCUT2D eigenvalue weighted by Gasteiger charge is 1.94. The molecule has 0 aromatic heterocycles. The zero-order valence-electron chi connectivity index (χ0n) is 7.66. The lowest BCUT2D eigenvalue weighted by Crippen LogP contribution is -2.05. The third-order valence-corrected chi connectivity index (χ3v) is 1.86. The number of rotatable bonds is 3. The molecule has 1 aromatic rings. The number of nitrogens with two attached hydrogens (primary N) is 1. The molecule has 0 aliphatic rings.